The van der Waals surface area contributed by atoms with Crippen LogP contribution in [0.5, 0.6) is 0 Å². The summed E-state index contributed by atoms with van der Waals surface area (Å²) in [6, 6.07) is 13.0. The first-order chi connectivity index (χ1) is 10.4. The second-order valence-electron chi connectivity index (χ2n) is 6.21. The fourth-order valence-corrected chi connectivity index (χ4v) is 2.89. The SMILES string of the molecule is Cc1cc(C)c2nc(C)cc(Nc3ccc(C)c(C)c3)c2c1. The Hall–Kier alpha value is -2.35. The van der Waals surface area contributed by atoms with Gasteiger partial charge >= 0.3 is 0 Å². The molecule has 0 aliphatic heterocycles. The molecule has 0 fully saturated rings. The lowest BCUT2D eigenvalue weighted by atomic mass is 10.0. The highest BCUT2D eigenvalue weighted by atomic mass is 14.9. The summed E-state index contributed by atoms with van der Waals surface area (Å²) in [5.74, 6) is 0. The van der Waals surface area contributed by atoms with Crippen LogP contribution in [0, 0.1) is 34.6 Å². The largest absolute Gasteiger partial charge is 0.355 e. The van der Waals surface area contributed by atoms with Crippen molar-refractivity contribution in [2.75, 3.05) is 5.32 Å². The van der Waals surface area contributed by atoms with Gasteiger partial charge in [-0.15, -0.1) is 0 Å². The smallest absolute Gasteiger partial charge is 0.0755 e. The molecule has 1 aromatic heterocycles. The van der Waals surface area contributed by atoms with Crippen molar-refractivity contribution in [1.29, 1.82) is 0 Å². The first kappa shape index (κ1) is 14.6. The van der Waals surface area contributed by atoms with Crippen molar-refractivity contribution in [3.8, 4) is 0 Å². The third-order valence-corrected chi connectivity index (χ3v) is 4.16. The van der Waals surface area contributed by atoms with Gasteiger partial charge in [0.25, 0.3) is 0 Å². The quantitative estimate of drug-likeness (QED) is 0.672. The van der Waals surface area contributed by atoms with Gasteiger partial charge in [-0.1, -0.05) is 17.7 Å². The van der Waals surface area contributed by atoms with Crippen molar-refractivity contribution in [2.45, 2.75) is 34.6 Å². The van der Waals surface area contributed by atoms with Gasteiger partial charge in [0.15, 0.2) is 0 Å². The minimum atomic E-state index is 1.03. The normalized spacial score (nSPS) is 11.0. The molecule has 0 bridgehead atoms. The van der Waals surface area contributed by atoms with Crippen LogP contribution < -0.4 is 5.32 Å². The molecule has 1 heterocycles. The molecule has 3 rings (SSSR count). The number of nitrogens with one attached hydrogen (secondary N) is 1. The number of aryl methyl sites for hydroxylation is 5. The van der Waals surface area contributed by atoms with Crippen molar-refractivity contribution in [3.05, 3.63) is 64.3 Å². The average molecular weight is 290 g/mol. The topological polar surface area (TPSA) is 24.9 Å². The number of hydrogen-bond acceptors (Lipinski definition) is 2. The second-order valence-corrected chi connectivity index (χ2v) is 6.21. The Morgan fingerprint density at radius 3 is 2.27 bits per heavy atom. The Morgan fingerprint density at radius 1 is 0.773 bits per heavy atom. The number of anilines is 2. The molecule has 0 atom stereocenters. The van der Waals surface area contributed by atoms with E-state index in [2.05, 4.69) is 69.4 Å². The molecule has 1 N–H and O–H groups in total. The van der Waals surface area contributed by atoms with E-state index in [1.807, 2.05) is 6.92 Å². The fraction of sp³-hybridized carbons (Fsp3) is 0.250. The Kier molecular flexibility index (Phi) is 3.61. The monoisotopic (exact) mass is 290 g/mol. The molecule has 0 spiro atoms. The molecule has 3 aromatic rings. The molecule has 0 saturated heterocycles. The van der Waals surface area contributed by atoms with Crippen molar-refractivity contribution in [3.63, 3.8) is 0 Å². The number of hydrogen-bond donors (Lipinski definition) is 1. The standard InChI is InChI=1S/C20H22N2/c1-12-8-15(4)20-18(9-12)19(11-16(5)21-20)22-17-7-6-13(2)14(3)10-17/h6-11H,1-5H3,(H,21,22). The summed E-state index contributed by atoms with van der Waals surface area (Å²) in [5.41, 5.74) is 9.45. The van der Waals surface area contributed by atoms with E-state index in [-0.39, 0.29) is 0 Å². The van der Waals surface area contributed by atoms with Gasteiger partial charge in [-0.25, -0.2) is 0 Å². The lowest BCUT2D eigenvalue weighted by Crippen LogP contribution is -1.97. The number of benzene rings is 2. The summed E-state index contributed by atoms with van der Waals surface area (Å²) < 4.78 is 0. The molecule has 22 heavy (non-hydrogen) atoms. The molecular formula is C20H22N2. The molecule has 0 amide bonds. The van der Waals surface area contributed by atoms with Gasteiger partial charge in [0.05, 0.1) is 5.52 Å². The van der Waals surface area contributed by atoms with Crippen LogP contribution in [0.25, 0.3) is 10.9 Å². The van der Waals surface area contributed by atoms with Crippen LogP contribution in [0.1, 0.15) is 27.9 Å². The van der Waals surface area contributed by atoms with E-state index in [4.69, 9.17) is 4.98 Å². The van der Waals surface area contributed by atoms with Gasteiger partial charge in [-0.2, -0.15) is 0 Å². The molecule has 0 saturated carbocycles. The van der Waals surface area contributed by atoms with Crippen molar-refractivity contribution in [1.82, 2.24) is 4.98 Å². The molecule has 0 aliphatic rings. The second kappa shape index (κ2) is 5.45. The van der Waals surface area contributed by atoms with Crippen LogP contribution in [0.3, 0.4) is 0 Å². The van der Waals surface area contributed by atoms with E-state index in [1.165, 1.54) is 27.6 Å². The maximum atomic E-state index is 4.71. The van der Waals surface area contributed by atoms with E-state index in [0.717, 1.165) is 22.6 Å². The van der Waals surface area contributed by atoms with E-state index in [0.29, 0.717) is 0 Å². The van der Waals surface area contributed by atoms with Gasteiger partial charge < -0.3 is 5.32 Å². The van der Waals surface area contributed by atoms with E-state index < -0.39 is 0 Å². The Morgan fingerprint density at radius 2 is 1.55 bits per heavy atom. The minimum absolute atomic E-state index is 1.03. The van der Waals surface area contributed by atoms with Crippen molar-refractivity contribution in [2.24, 2.45) is 0 Å². The van der Waals surface area contributed by atoms with Gasteiger partial charge in [0.2, 0.25) is 0 Å². The molecule has 0 unspecified atom stereocenters. The van der Waals surface area contributed by atoms with Crippen LogP contribution in [0.15, 0.2) is 36.4 Å². The van der Waals surface area contributed by atoms with Crippen LogP contribution in [0.2, 0.25) is 0 Å². The molecule has 2 nitrogen and oxygen atoms in total. The molecule has 0 aliphatic carbocycles. The van der Waals surface area contributed by atoms with E-state index in [9.17, 15) is 0 Å². The molecule has 2 heteroatoms. The number of pyridine rings is 1. The number of fused-ring (bicyclic) bond motifs is 1. The van der Waals surface area contributed by atoms with E-state index >= 15 is 0 Å². The molecule has 2 aromatic carbocycles. The highest BCUT2D eigenvalue weighted by Crippen LogP contribution is 2.30. The fourth-order valence-electron chi connectivity index (χ4n) is 2.89. The first-order valence-electron chi connectivity index (χ1n) is 7.67. The zero-order chi connectivity index (χ0) is 15.9. The van der Waals surface area contributed by atoms with Gasteiger partial charge in [0, 0.05) is 22.5 Å². The lowest BCUT2D eigenvalue weighted by Gasteiger charge is -2.14. The minimum Gasteiger partial charge on any atom is -0.355 e. The van der Waals surface area contributed by atoms with Crippen LogP contribution in [0.4, 0.5) is 11.4 Å². The summed E-state index contributed by atoms with van der Waals surface area (Å²) in [5, 5.41) is 4.75. The first-order valence-corrected chi connectivity index (χ1v) is 7.67. The van der Waals surface area contributed by atoms with Gasteiger partial charge in [-0.05, 0) is 75.6 Å². The molecule has 112 valence electrons. The molecule has 0 radical (unpaired) electrons. The summed E-state index contributed by atoms with van der Waals surface area (Å²) in [6.45, 7) is 10.6. The van der Waals surface area contributed by atoms with E-state index in [1.54, 1.807) is 0 Å². The van der Waals surface area contributed by atoms with Gasteiger partial charge in [0.1, 0.15) is 0 Å². The predicted molar refractivity (Wildman–Crippen MR) is 95.2 cm³/mol. The zero-order valence-corrected chi connectivity index (χ0v) is 13.9. The Bertz CT molecular complexity index is 863. The number of nitrogens with zero attached hydrogens (tertiary/aromatic N) is 1. The highest BCUT2D eigenvalue weighted by molar-refractivity contribution is 5.95. The lowest BCUT2D eigenvalue weighted by molar-refractivity contribution is 1.23. The average Bonchev–Trinajstić information content (AvgIpc) is 2.44. The Labute approximate surface area is 132 Å². The number of aromatic nitrogens is 1. The van der Waals surface area contributed by atoms with Gasteiger partial charge in [-0.3, -0.25) is 4.98 Å². The summed E-state index contributed by atoms with van der Waals surface area (Å²) >= 11 is 0. The predicted octanol–water partition coefficient (Wildman–Crippen LogP) is 5.52. The maximum absolute atomic E-state index is 4.71. The summed E-state index contributed by atoms with van der Waals surface area (Å²) in [4.78, 5) is 4.71. The van der Waals surface area contributed by atoms with Crippen molar-refractivity contribution < 1.29 is 0 Å². The van der Waals surface area contributed by atoms with Crippen LogP contribution in [-0.4, -0.2) is 4.98 Å². The highest BCUT2D eigenvalue weighted by Gasteiger charge is 2.08. The van der Waals surface area contributed by atoms with Crippen LogP contribution in [-0.2, 0) is 0 Å². The third kappa shape index (κ3) is 2.69. The van der Waals surface area contributed by atoms with Crippen LogP contribution >= 0.6 is 0 Å². The van der Waals surface area contributed by atoms with Crippen molar-refractivity contribution >= 4 is 22.3 Å². The number of rotatable bonds is 2. The summed E-state index contributed by atoms with van der Waals surface area (Å²) in [7, 11) is 0. The Balaban J connectivity index is 2.15. The zero-order valence-electron chi connectivity index (χ0n) is 13.9. The summed E-state index contributed by atoms with van der Waals surface area (Å²) in [6.07, 6.45) is 0. The molecular weight excluding hydrogens is 268 g/mol. The third-order valence-electron chi connectivity index (χ3n) is 4.16. The maximum Gasteiger partial charge on any atom is 0.0755 e.